The summed E-state index contributed by atoms with van der Waals surface area (Å²) < 4.78 is 2.10. The van der Waals surface area contributed by atoms with E-state index in [4.69, 9.17) is 5.73 Å². The maximum atomic E-state index is 10.4. The van der Waals surface area contributed by atoms with E-state index >= 15 is 0 Å². The lowest BCUT2D eigenvalue weighted by atomic mass is 10.1. The van der Waals surface area contributed by atoms with E-state index in [0.29, 0.717) is 5.82 Å². The zero-order chi connectivity index (χ0) is 21.0. The molecule has 150 valence electrons. The van der Waals surface area contributed by atoms with Crippen molar-refractivity contribution in [2.75, 3.05) is 5.73 Å². The van der Waals surface area contributed by atoms with Crippen molar-refractivity contribution in [2.24, 2.45) is 0 Å². The molecule has 0 aliphatic rings. The lowest BCUT2D eigenvalue weighted by Crippen LogP contribution is -2.32. The third kappa shape index (κ3) is 3.80. The predicted octanol–water partition coefficient (Wildman–Crippen LogP) is 5.13. The van der Waals surface area contributed by atoms with Crippen LogP contribution in [0.5, 0.6) is 5.75 Å². The van der Waals surface area contributed by atoms with Crippen molar-refractivity contribution in [1.82, 2.24) is 4.57 Å². The average molecular weight is 379 g/mol. The lowest BCUT2D eigenvalue weighted by molar-refractivity contribution is 0.470. The number of anilines is 1. The number of phenols is 1. The third-order valence-electron chi connectivity index (χ3n) is 5.49. The van der Waals surface area contributed by atoms with Gasteiger partial charge < -0.3 is 10.8 Å². The Morgan fingerprint density at radius 3 is 2.46 bits per heavy atom. The molecule has 0 amide bonds. The summed E-state index contributed by atoms with van der Waals surface area (Å²) in [5.41, 5.74) is 13.0. The minimum absolute atomic E-state index is 0.277. The molecule has 1 heterocycles. The zero-order valence-corrected chi connectivity index (χ0v) is 18.2. The number of benzene rings is 1. The molecular weight excluding hydrogens is 344 g/mol. The van der Waals surface area contributed by atoms with Crippen molar-refractivity contribution in [2.45, 2.75) is 60.8 Å². The van der Waals surface area contributed by atoms with Gasteiger partial charge in [-0.1, -0.05) is 50.6 Å². The molecule has 28 heavy (non-hydrogen) atoms. The van der Waals surface area contributed by atoms with E-state index in [1.165, 1.54) is 11.1 Å². The molecule has 0 unspecified atom stereocenters. The first-order valence-corrected chi connectivity index (χ1v) is 10.1. The number of aryl methyl sites for hydroxylation is 1. The predicted molar refractivity (Wildman–Crippen MR) is 123 cm³/mol. The van der Waals surface area contributed by atoms with Gasteiger partial charge >= 0.3 is 0 Å². The summed E-state index contributed by atoms with van der Waals surface area (Å²) in [4.78, 5) is 0. The molecule has 1 aromatic heterocycles. The number of hydrogen-bond donors (Lipinski definition) is 2. The molecule has 0 spiro atoms. The highest BCUT2D eigenvalue weighted by Gasteiger charge is 2.18. The first-order valence-electron chi connectivity index (χ1n) is 10.1. The first-order chi connectivity index (χ1) is 13.3. The van der Waals surface area contributed by atoms with Crippen molar-refractivity contribution in [3.63, 3.8) is 0 Å². The topological polar surface area (TPSA) is 51.2 Å². The standard InChI is InChI=1S/C25H34N2O/c1-8-12-19(10-3)15-21-20(11-4)25(26)27(24(21)16(5)9-2)23-17(6)13-14-22(28)18(23)7/h10-11,13-15,28H,4,8-9,12,26H2,1-3,5-7H3/b19-10-,21-15-,24-16?. The van der Waals surface area contributed by atoms with E-state index < -0.39 is 0 Å². The molecule has 2 aromatic rings. The van der Waals surface area contributed by atoms with Crippen LogP contribution in [0.3, 0.4) is 0 Å². The summed E-state index contributed by atoms with van der Waals surface area (Å²) in [7, 11) is 0. The second-order valence-electron chi connectivity index (χ2n) is 7.37. The SMILES string of the molecule is C=Cc1c(N)n(-c2c(C)ccc(O)c2C)c(=C(C)CC)/c1=C\C(=C/C)CCC. The van der Waals surface area contributed by atoms with Crippen LogP contribution in [-0.4, -0.2) is 9.67 Å². The van der Waals surface area contributed by atoms with Crippen LogP contribution in [0, 0.1) is 13.8 Å². The fraction of sp³-hybridized carbons (Fsp3) is 0.360. The van der Waals surface area contributed by atoms with Gasteiger partial charge in [0.1, 0.15) is 11.6 Å². The first kappa shape index (κ1) is 21.6. The summed E-state index contributed by atoms with van der Waals surface area (Å²) in [6, 6.07) is 3.68. The van der Waals surface area contributed by atoms with Crippen molar-refractivity contribution in [3.05, 3.63) is 57.6 Å². The van der Waals surface area contributed by atoms with Crippen LogP contribution in [0.4, 0.5) is 5.82 Å². The minimum atomic E-state index is 0.277. The molecule has 3 N–H and O–H groups in total. The molecule has 3 heteroatoms. The van der Waals surface area contributed by atoms with E-state index in [9.17, 15) is 5.11 Å². The minimum Gasteiger partial charge on any atom is -0.508 e. The Bertz CT molecular complexity index is 1040. The number of nitrogen functional groups attached to an aromatic ring is 1. The van der Waals surface area contributed by atoms with Gasteiger partial charge in [0, 0.05) is 16.3 Å². The summed E-state index contributed by atoms with van der Waals surface area (Å²) in [5.74, 6) is 0.937. The Morgan fingerprint density at radius 2 is 1.93 bits per heavy atom. The van der Waals surface area contributed by atoms with E-state index in [1.807, 2.05) is 19.1 Å². The molecule has 0 bridgehead atoms. The molecule has 3 nitrogen and oxygen atoms in total. The maximum absolute atomic E-state index is 10.4. The molecular formula is C25H34N2O. The van der Waals surface area contributed by atoms with Gasteiger partial charge in [0.25, 0.3) is 0 Å². The van der Waals surface area contributed by atoms with Crippen LogP contribution in [0.1, 0.15) is 63.6 Å². The van der Waals surface area contributed by atoms with Gasteiger partial charge in [0.2, 0.25) is 0 Å². The highest BCUT2D eigenvalue weighted by atomic mass is 16.3. The normalized spacial score (nSPS) is 13.8. The van der Waals surface area contributed by atoms with Gasteiger partial charge in [-0.25, -0.2) is 0 Å². The Morgan fingerprint density at radius 1 is 1.25 bits per heavy atom. The van der Waals surface area contributed by atoms with Crippen molar-refractivity contribution in [1.29, 1.82) is 0 Å². The molecule has 0 fully saturated rings. The second kappa shape index (κ2) is 9.01. The molecule has 0 saturated heterocycles. The number of aromatic hydroxyl groups is 1. The van der Waals surface area contributed by atoms with Gasteiger partial charge in [-0.15, -0.1) is 0 Å². The number of nitrogens with zero attached hydrogens (tertiary/aromatic N) is 1. The van der Waals surface area contributed by atoms with Crippen molar-refractivity contribution >= 4 is 23.5 Å². The Hall–Kier alpha value is -2.68. The van der Waals surface area contributed by atoms with E-state index in [0.717, 1.165) is 52.2 Å². The number of rotatable bonds is 6. The van der Waals surface area contributed by atoms with Crippen LogP contribution >= 0.6 is 0 Å². The van der Waals surface area contributed by atoms with E-state index in [2.05, 4.69) is 57.9 Å². The summed E-state index contributed by atoms with van der Waals surface area (Å²) in [6.07, 6.45) is 9.28. The fourth-order valence-corrected chi connectivity index (χ4v) is 3.75. The van der Waals surface area contributed by atoms with Crippen LogP contribution in [0.15, 0.2) is 30.4 Å². The number of aromatic nitrogens is 1. The monoisotopic (exact) mass is 378 g/mol. The molecule has 1 aromatic carbocycles. The molecule has 2 rings (SSSR count). The van der Waals surface area contributed by atoms with E-state index in [1.54, 1.807) is 6.07 Å². The smallest absolute Gasteiger partial charge is 0.120 e. The van der Waals surface area contributed by atoms with Gasteiger partial charge in [0.05, 0.1) is 11.0 Å². The molecule has 0 aliphatic carbocycles. The van der Waals surface area contributed by atoms with E-state index in [-0.39, 0.29) is 5.75 Å². The van der Waals surface area contributed by atoms with Gasteiger partial charge in [-0.3, -0.25) is 4.57 Å². The maximum Gasteiger partial charge on any atom is 0.120 e. The Labute approximate surface area is 169 Å². The average Bonchev–Trinajstić information content (AvgIpc) is 2.95. The van der Waals surface area contributed by atoms with Gasteiger partial charge in [0.15, 0.2) is 0 Å². The summed E-state index contributed by atoms with van der Waals surface area (Å²) in [5, 5.41) is 12.6. The molecule has 0 atom stereocenters. The number of hydrogen-bond acceptors (Lipinski definition) is 2. The number of nitrogens with two attached hydrogens (primary N) is 1. The number of allylic oxidation sites excluding steroid dienone is 2. The quantitative estimate of drug-likeness (QED) is 0.732. The summed E-state index contributed by atoms with van der Waals surface area (Å²) >= 11 is 0. The fourth-order valence-electron chi connectivity index (χ4n) is 3.75. The Kier molecular flexibility index (Phi) is 6.95. The second-order valence-corrected chi connectivity index (χ2v) is 7.37. The largest absolute Gasteiger partial charge is 0.508 e. The molecule has 0 radical (unpaired) electrons. The van der Waals surface area contributed by atoms with Crippen molar-refractivity contribution in [3.8, 4) is 11.4 Å². The van der Waals surface area contributed by atoms with Gasteiger partial charge in [-0.05, 0) is 63.8 Å². The number of phenolic OH excluding ortho intramolecular Hbond substituents is 1. The Balaban J connectivity index is 3.14. The molecule has 0 aliphatic heterocycles. The van der Waals surface area contributed by atoms with Crippen LogP contribution in [0.2, 0.25) is 0 Å². The summed E-state index contributed by atoms with van der Waals surface area (Å²) in [6.45, 7) is 16.6. The highest BCUT2D eigenvalue weighted by Crippen LogP contribution is 2.28. The van der Waals surface area contributed by atoms with Crippen LogP contribution in [0.25, 0.3) is 23.4 Å². The lowest BCUT2D eigenvalue weighted by Gasteiger charge is -2.16. The molecule has 0 saturated carbocycles. The zero-order valence-electron chi connectivity index (χ0n) is 18.2. The third-order valence-corrected chi connectivity index (χ3v) is 5.49. The van der Waals surface area contributed by atoms with Gasteiger partial charge in [-0.2, -0.15) is 0 Å². The highest BCUT2D eigenvalue weighted by molar-refractivity contribution is 5.71. The van der Waals surface area contributed by atoms with Crippen LogP contribution in [-0.2, 0) is 0 Å². The van der Waals surface area contributed by atoms with Crippen LogP contribution < -0.4 is 16.3 Å². The van der Waals surface area contributed by atoms with Crippen molar-refractivity contribution < 1.29 is 5.11 Å².